The summed E-state index contributed by atoms with van der Waals surface area (Å²) in [6, 6.07) is 0. The van der Waals surface area contributed by atoms with Gasteiger partial charge in [0.2, 0.25) is 1.43 Å². The first-order valence-corrected chi connectivity index (χ1v) is 6.58. The molecule has 10 nitrogen and oxygen atoms in total. The molecule has 0 amide bonds. The molecule has 0 atom stereocenters. The maximum Gasteiger partial charge on any atom is 1.00 e. The molecule has 0 bridgehead atoms. The fraction of sp³-hybridized carbons (Fsp3) is 0.375. The van der Waals surface area contributed by atoms with Gasteiger partial charge in [0.25, 0.3) is 1.43 Å². The Kier molecular flexibility index (Phi) is 9.62. The molecule has 0 aliphatic rings. The van der Waals surface area contributed by atoms with Gasteiger partial charge in [0.05, 0.1) is 22.8 Å². The molecule has 2 heterocycles. The van der Waals surface area contributed by atoms with Gasteiger partial charge < -0.3 is 20.4 Å². The van der Waals surface area contributed by atoms with Crippen molar-refractivity contribution < 1.29 is 67.8 Å². The van der Waals surface area contributed by atoms with Crippen molar-refractivity contribution in [1.29, 1.82) is 2.86 Å². The van der Waals surface area contributed by atoms with Crippen LogP contribution in [0.1, 0.15) is 51.7 Å². The summed E-state index contributed by atoms with van der Waals surface area (Å²) in [5.41, 5.74) is -1.10. The quantitative estimate of drug-likeness (QED) is 0.448. The Balaban J connectivity index is -0.000000515. The Labute approximate surface area is 191 Å². The van der Waals surface area contributed by atoms with Gasteiger partial charge in [-0.05, 0) is 27.6 Å². The smallest absolute Gasteiger partial charge is 0.857 e. The molecule has 0 aliphatic heterocycles. The zero-order valence-corrected chi connectivity index (χ0v) is 17.4. The fourth-order valence-corrected chi connectivity index (χ4v) is 1.48. The van der Waals surface area contributed by atoms with Crippen LogP contribution in [0.2, 0.25) is 0 Å². The Morgan fingerprint density at radius 1 is 0.926 bits per heavy atom. The number of nitrogens with zero attached hydrogens (tertiary/aromatic N) is 4. The van der Waals surface area contributed by atoms with E-state index in [4.69, 9.17) is 21.3 Å². The minimum absolute atomic E-state index is 0. The van der Waals surface area contributed by atoms with Crippen LogP contribution in [0.3, 0.4) is 0 Å². The number of hydrogen-bond donors (Lipinski definition) is 3. The van der Waals surface area contributed by atoms with E-state index < -0.39 is 42.6 Å². The Morgan fingerprint density at radius 2 is 1.26 bits per heavy atom. The predicted molar refractivity (Wildman–Crippen MR) is 91.0 cm³/mol. The van der Waals surface area contributed by atoms with E-state index in [9.17, 15) is 9.59 Å². The summed E-state index contributed by atoms with van der Waals surface area (Å²) in [6.45, 7) is -2.32. The molecule has 0 unspecified atom stereocenters. The van der Waals surface area contributed by atoms with E-state index >= 15 is 0 Å². The van der Waals surface area contributed by atoms with E-state index in [-0.39, 0.29) is 35.1 Å². The number of hydrogen-bond acceptors (Lipinski definition) is 9. The van der Waals surface area contributed by atoms with Gasteiger partial charge in [-0.15, -0.1) is 0 Å². The number of aromatic carboxylic acids is 2. The Hall–Kier alpha value is -1.98. The first-order valence-electron chi connectivity index (χ1n) is 10.4. The van der Waals surface area contributed by atoms with E-state index in [0.29, 0.717) is 11.4 Å². The summed E-state index contributed by atoms with van der Waals surface area (Å²) in [7, 11) is 2.04. The SMILES string of the molecule is C[O-].Cc1ncnc(C)c1C(=O)O.[2H]OC.[2H]OC(=O)c1c(C([2H])([2H])[2H])ncnc1C([2H])([2H])[2H].[Na+]. The van der Waals surface area contributed by atoms with E-state index in [0.717, 1.165) is 13.4 Å². The average Bonchev–Trinajstić information content (AvgIpc) is 2.73. The maximum atomic E-state index is 11.4. The van der Waals surface area contributed by atoms with Crippen LogP contribution >= 0.6 is 0 Å². The van der Waals surface area contributed by atoms with Crippen molar-refractivity contribution in [2.75, 3.05) is 14.2 Å². The third-order valence-electron chi connectivity index (χ3n) is 2.49. The van der Waals surface area contributed by atoms with Crippen LogP contribution in [0, 0.1) is 27.6 Å². The minimum Gasteiger partial charge on any atom is -0.857 e. The van der Waals surface area contributed by atoms with Crippen LogP contribution < -0.4 is 34.7 Å². The Bertz CT molecular complexity index is 895. The summed E-state index contributed by atoms with van der Waals surface area (Å²) in [4.78, 5) is 36.2. The number of rotatable bonds is 2. The van der Waals surface area contributed by atoms with Crippen LogP contribution in [0.4, 0.5) is 0 Å². The summed E-state index contributed by atoms with van der Waals surface area (Å²) in [5.74, 6) is -2.39. The third-order valence-corrected chi connectivity index (χ3v) is 2.49. The van der Waals surface area contributed by atoms with E-state index in [1.54, 1.807) is 13.8 Å². The zero-order chi connectivity index (χ0) is 27.3. The normalized spacial score (nSPS) is 13.4. The second-order valence-corrected chi connectivity index (χ2v) is 3.96. The zero-order valence-electron chi connectivity index (χ0n) is 23.4. The van der Waals surface area contributed by atoms with Crippen LogP contribution in [-0.4, -0.2) is 62.8 Å². The third kappa shape index (κ3) is 10.1. The molecular formula is C16H23N4NaO6. The largest absolute Gasteiger partial charge is 1.00 e. The van der Waals surface area contributed by atoms with Crippen molar-refractivity contribution in [1.82, 2.24) is 19.9 Å². The van der Waals surface area contributed by atoms with Crippen molar-refractivity contribution in [2.45, 2.75) is 27.6 Å². The number of aromatic nitrogens is 4. The monoisotopic (exact) mass is 398 g/mol. The van der Waals surface area contributed by atoms with E-state index in [2.05, 4.69) is 30.2 Å². The predicted octanol–water partition coefficient (Wildman–Crippen LogP) is -2.83. The molecule has 144 valence electrons. The molecule has 0 fully saturated rings. The molecular weight excluding hydrogens is 367 g/mol. The standard InChI is InChI=1S/2C7H8N2O2.CH4O.CH3O.Na/c2*1-4-6(7(10)11)5(2)9-3-8-4;2*1-2;/h2*3H,1-2H3,(H,10,11);2H,1H3;1H3;/q;;;-1;+1/i1D3,2D3;;2D;;/hD. The van der Waals surface area contributed by atoms with Crippen molar-refractivity contribution in [2.24, 2.45) is 0 Å². The number of aryl methyl sites for hydroxylation is 4. The molecule has 0 spiro atoms. The van der Waals surface area contributed by atoms with Gasteiger partial charge >= 0.3 is 41.5 Å². The summed E-state index contributed by atoms with van der Waals surface area (Å²) >= 11 is 0. The molecule has 2 aromatic heterocycles. The molecule has 2 rings (SSSR count). The summed E-state index contributed by atoms with van der Waals surface area (Å²) in [5, 5.41) is 24.1. The van der Waals surface area contributed by atoms with Gasteiger partial charge in [-0.25, -0.2) is 29.5 Å². The van der Waals surface area contributed by atoms with Crippen molar-refractivity contribution >= 4 is 11.9 Å². The molecule has 0 saturated heterocycles. The van der Waals surface area contributed by atoms with Crippen LogP contribution in [0.5, 0.6) is 0 Å². The summed E-state index contributed by atoms with van der Waals surface area (Å²) < 4.78 is 55.2. The van der Waals surface area contributed by atoms with Gasteiger partial charge in [0.1, 0.15) is 23.8 Å². The van der Waals surface area contributed by atoms with Gasteiger partial charge in [0.15, 0.2) is 0 Å². The molecule has 11 heteroatoms. The molecule has 3 N–H and O–H groups in total. The minimum atomic E-state index is -2.81. The Morgan fingerprint density at radius 3 is 1.52 bits per heavy atom. The van der Waals surface area contributed by atoms with Crippen molar-refractivity contribution in [3.05, 3.63) is 46.6 Å². The first kappa shape index (κ1) is 16.0. The number of carboxylic acid groups (broad SMARTS) is 2. The fourth-order valence-electron chi connectivity index (χ4n) is 1.48. The second kappa shape index (κ2) is 16.2. The van der Waals surface area contributed by atoms with Crippen LogP contribution in [0.25, 0.3) is 1.43 Å². The first-order chi connectivity index (χ1) is 15.6. The second-order valence-electron chi connectivity index (χ2n) is 3.96. The molecule has 2 aromatic rings. The summed E-state index contributed by atoms with van der Waals surface area (Å²) in [6.07, 6.45) is 2.10. The van der Waals surface area contributed by atoms with Gasteiger partial charge in [-0.1, -0.05) is 0 Å². The average molecular weight is 398 g/mol. The van der Waals surface area contributed by atoms with Crippen LogP contribution in [0.15, 0.2) is 12.7 Å². The van der Waals surface area contributed by atoms with Crippen molar-refractivity contribution in [3.63, 3.8) is 0 Å². The molecule has 0 radical (unpaired) electrons. The maximum absolute atomic E-state index is 11.4. The molecule has 0 saturated carbocycles. The van der Waals surface area contributed by atoms with Gasteiger partial charge in [-0.2, -0.15) is 7.11 Å². The van der Waals surface area contributed by atoms with Crippen LogP contribution in [-0.2, 0) is 0 Å². The van der Waals surface area contributed by atoms with E-state index in [1.165, 1.54) is 13.4 Å². The van der Waals surface area contributed by atoms with E-state index in [1.807, 2.05) is 0 Å². The number of carboxylic acids is 2. The van der Waals surface area contributed by atoms with Gasteiger partial charge in [-0.3, -0.25) is 0 Å². The van der Waals surface area contributed by atoms with Crippen molar-refractivity contribution in [3.8, 4) is 0 Å². The number of aliphatic hydroxyl groups excluding tert-OH is 1. The molecule has 0 aliphatic carbocycles. The number of aliphatic hydroxyl groups is 1. The number of carbonyl (C=O) groups is 2. The molecule has 0 aromatic carbocycles. The molecule has 27 heavy (non-hydrogen) atoms. The van der Waals surface area contributed by atoms with Gasteiger partial charge in [0, 0.05) is 15.3 Å². The topological polar surface area (TPSA) is 169 Å².